The number of ketones is 1. The summed E-state index contributed by atoms with van der Waals surface area (Å²) in [6.07, 6.45) is 0.748. The molecule has 0 aliphatic rings. The Morgan fingerprint density at radius 1 is 0.805 bits per heavy atom. The van der Waals surface area contributed by atoms with Crippen LogP contribution in [0.25, 0.3) is 0 Å². The standard InChI is InChI=1S/C34H34N2O5/c1-3-32(37)36(27-14-8-5-9-15-27)22-23-41-28-20-18-25(19-21-28)24-31(34(39)40-2)35-30-17-11-10-16-29(30)33(38)26-12-6-4-7-13-26/h4-21,31,35H,3,22-24H2,1-2H3/t31-/m1/s1. The lowest BCUT2D eigenvalue weighted by molar-refractivity contribution is -0.141. The molecule has 0 bridgehead atoms. The van der Waals surface area contributed by atoms with Crippen LogP contribution in [0.2, 0.25) is 0 Å². The summed E-state index contributed by atoms with van der Waals surface area (Å²) in [6, 6.07) is 32.4. The molecule has 1 amide bonds. The number of benzene rings is 4. The lowest BCUT2D eigenvalue weighted by Crippen LogP contribution is -2.34. The second-order valence-corrected chi connectivity index (χ2v) is 9.39. The number of hydrogen-bond acceptors (Lipinski definition) is 6. The fourth-order valence-corrected chi connectivity index (χ4v) is 4.48. The van der Waals surface area contributed by atoms with Gasteiger partial charge in [-0.05, 0) is 42.0 Å². The topological polar surface area (TPSA) is 84.9 Å². The van der Waals surface area contributed by atoms with Crippen LogP contribution in [0.5, 0.6) is 5.75 Å². The number of nitrogens with zero attached hydrogens (tertiary/aromatic N) is 1. The number of rotatable bonds is 13. The monoisotopic (exact) mass is 550 g/mol. The molecule has 1 atom stereocenters. The predicted octanol–water partition coefficient (Wildman–Crippen LogP) is 5.94. The molecule has 4 aromatic rings. The minimum Gasteiger partial charge on any atom is -0.492 e. The minimum atomic E-state index is -0.712. The normalized spacial score (nSPS) is 11.3. The van der Waals surface area contributed by atoms with Gasteiger partial charge in [0, 0.05) is 35.3 Å². The van der Waals surface area contributed by atoms with E-state index in [2.05, 4.69) is 5.32 Å². The van der Waals surface area contributed by atoms with Gasteiger partial charge in [-0.3, -0.25) is 9.59 Å². The first kappa shape index (κ1) is 29.1. The Balaban J connectivity index is 1.41. The molecule has 1 N–H and O–H groups in total. The first-order chi connectivity index (χ1) is 20.0. The Labute approximate surface area is 240 Å². The van der Waals surface area contributed by atoms with E-state index in [0.29, 0.717) is 48.6 Å². The van der Waals surface area contributed by atoms with Gasteiger partial charge >= 0.3 is 5.97 Å². The van der Waals surface area contributed by atoms with Crippen LogP contribution in [-0.2, 0) is 20.7 Å². The Morgan fingerprint density at radius 2 is 1.44 bits per heavy atom. The van der Waals surface area contributed by atoms with Gasteiger partial charge in [0.05, 0.1) is 13.7 Å². The largest absolute Gasteiger partial charge is 0.492 e. The number of carbonyl (C=O) groups is 3. The molecule has 0 saturated carbocycles. The summed E-state index contributed by atoms with van der Waals surface area (Å²) in [7, 11) is 1.34. The van der Waals surface area contributed by atoms with E-state index in [0.717, 1.165) is 11.3 Å². The minimum absolute atomic E-state index is 0.0311. The van der Waals surface area contributed by atoms with Crippen molar-refractivity contribution in [1.29, 1.82) is 0 Å². The molecule has 0 aliphatic carbocycles. The molecule has 0 heterocycles. The van der Waals surface area contributed by atoms with E-state index >= 15 is 0 Å². The van der Waals surface area contributed by atoms with Gasteiger partial charge in [-0.2, -0.15) is 0 Å². The summed E-state index contributed by atoms with van der Waals surface area (Å²) in [4.78, 5) is 40.0. The van der Waals surface area contributed by atoms with Gasteiger partial charge in [0.25, 0.3) is 0 Å². The van der Waals surface area contributed by atoms with Gasteiger partial charge in [0.1, 0.15) is 18.4 Å². The van der Waals surface area contributed by atoms with Crippen molar-refractivity contribution in [2.75, 3.05) is 30.5 Å². The summed E-state index contributed by atoms with van der Waals surface area (Å²) in [5, 5.41) is 3.23. The van der Waals surface area contributed by atoms with Crippen LogP contribution in [-0.4, -0.2) is 44.0 Å². The molecule has 0 aliphatic heterocycles. The second-order valence-electron chi connectivity index (χ2n) is 9.39. The maximum Gasteiger partial charge on any atom is 0.328 e. The third kappa shape index (κ3) is 7.82. The maximum absolute atomic E-state index is 13.2. The van der Waals surface area contributed by atoms with Gasteiger partial charge in [-0.15, -0.1) is 0 Å². The highest BCUT2D eigenvalue weighted by Gasteiger charge is 2.23. The molecule has 210 valence electrons. The van der Waals surface area contributed by atoms with Crippen LogP contribution < -0.4 is 15.0 Å². The molecule has 4 rings (SSSR count). The number of carbonyl (C=O) groups excluding carboxylic acids is 3. The van der Waals surface area contributed by atoms with Crippen molar-refractivity contribution < 1.29 is 23.9 Å². The van der Waals surface area contributed by atoms with Crippen molar-refractivity contribution in [2.24, 2.45) is 0 Å². The van der Waals surface area contributed by atoms with Crippen molar-refractivity contribution in [3.05, 3.63) is 126 Å². The summed E-state index contributed by atoms with van der Waals surface area (Å²) in [5.41, 5.74) is 3.33. The molecular formula is C34H34N2O5. The van der Waals surface area contributed by atoms with E-state index < -0.39 is 12.0 Å². The van der Waals surface area contributed by atoms with Crippen molar-refractivity contribution in [3.63, 3.8) is 0 Å². The maximum atomic E-state index is 13.2. The lowest BCUT2D eigenvalue weighted by Gasteiger charge is -2.22. The Morgan fingerprint density at radius 3 is 2.10 bits per heavy atom. The number of methoxy groups -OCH3 is 1. The van der Waals surface area contributed by atoms with Gasteiger partial charge in [-0.1, -0.05) is 79.7 Å². The highest BCUT2D eigenvalue weighted by molar-refractivity contribution is 6.12. The van der Waals surface area contributed by atoms with Crippen molar-refractivity contribution in [1.82, 2.24) is 0 Å². The van der Waals surface area contributed by atoms with Gasteiger partial charge in [-0.25, -0.2) is 4.79 Å². The molecule has 0 aromatic heterocycles. The molecule has 7 heteroatoms. The zero-order chi connectivity index (χ0) is 29.0. The Kier molecular flexibility index (Phi) is 10.3. The highest BCUT2D eigenvalue weighted by atomic mass is 16.5. The van der Waals surface area contributed by atoms with Crippen LogP contribution in [0.1, 0.15) is 34.8 Å². The molecule has 0 saturated heterocycles. The number of anilines is 2. The number of ether oxygens (including phenoxy) is 2. The average molecular weight is 551 g/mol. The number of esters is 1. The molecule has 0 unspecified atom stereocenters. The molecule has 0 fully saturated rings. The Hall–Kier alpha value is -4.91. The van der Waals surface area contributed by atoms with Crippen LogP contribution in [0.4, 0.5) is 11.4 Å². The van der Waals surface area contributed by atoms with Crippen molar-refractivity contribution in [2.45, 2.75) is 25.8 Å². The van der Waals surface area contributed by atoms with E-state index in [9.17, 15) is 14.4 Å². The second kappa shape index (κ2) is 14.5. The van der Waals surface area contributed by atoms with Crippen molar-refractivity contribution >= 4 is 29.0 Å². The first-order valence-electron chi connectivity index (χ1n) is 13.6. The number of para-hydroxylation sites is 2. The molecule has 41 heavy (non-hydrogen) atoms. The predicted molar refractivity (Wildman–Crippen MR) is 160 cm³/mol. The van der Waals surface area contributed by atoms with Gasteiger partial charge in [0.15, 0.2) is 5.78 Å². The van der Waals surface area contributed by atoms with E-state index in [1.165, 1.54) is 7.11 Å². The van der Waals surface area contributed by atoms with E-state index in [1.54, 1.807) is 35.2 Å². The van der Waals surface area contributed by atoms with E-state index in [-0.39, 0.29) is 11.7 Å². The van der Waals surface area contributed by atoms with E-state index in [4.69, 9.17) is 9.47 Å². The molecule has 4 aromatic carbocycles. The fraction of sp³-hybridized carbons (Fsp3) is 0.206. The van der Waals surface area contributed by atoms with Gasteiger partial charge < -0.3 is 19.7 Å². The zero-order valence-electron chi connectivity index (χ0n) is 23.3. The van der Waals surface area contributed by atoms with Crippen LogP contribution in [0.3, 0.4) is 0 Å². The summed E-state index contributed by atoms with van der Waals surface area (Å²) in [5.74, 6) is 0.120. The summed E-state index contributed by atoms with van der Waals surface area (Å²) in [6.45, 7) is 2.60. The number of hydrogen-bond donors (Lipinski definition) is 1. The lowest BCUT2D eigenvalue weighted by atomic mass is 10.00. The van der Waals surface area contributed by atoms with Crippen LogP contribution >= 0.6 is 0 Å². The number of nitrogens with one attached hydrogen (secondary N) is 1. The fourth-order valence-electron chi connectivity index (χ4n) is 4.48. The first-order valence-corrected chi connectivity index (χ1v) is 13.6. The third-order valence-electron chi connectivity index (χ3n) is 6.64. The smallest absolute Gasteiger partial charge is 0.328 e. The third-order valence-corrected chi connectivity index (χ3v) is 6.64. The quantitative estimate of drug-likeness (QED) is 0.164. The molecule has 0 radical (unpaired) electrons. The summed E-state index contributed by atoms with van der Waals surface area (Å²) >= 11 is 0. The summed E-state index contributed by atoms with van der Waals surface area (Å²) < 4.78 is 11.0. The highest BCUT2D eigenvalue weighted by Crippen LogP contribution is 2.22. The Bertz CT molecular complexity index is 1440. The average Bonchev–Trinajstić information content (AvgIpc) is 3.03. The number of amides is 1. The van der Waals surface area contributed by atoms with E-state index in [1.807, 2.05) is 85.8 Å². The van der Waals surface area contributed by atoms with Crippen LogP contribution in [0.15, 0.2) is 109 Å². The molecular weight excluding hydrogens is 516 g/mol. The molecule has 0 spiro atoms. The van der Waals surface area contributed by atoms with Crippen LogP contribution in [0, 0.1) is 0 Å². The van der Waals surface area contributed by atoms with Gasteiger partial charge in [0.2, 0.25) is 5.91 Å². The zero-order valence-corrected chi connectivity index (χ0v) is 23.3. The SMILES string of the molecule is CCC(=O)N(CCOc1ccc(C[C@@H](Nc2ccccc2C(=O)c2ccccc2)C(=O)OC)cc1)c1ccccc1. The van der Waals surface area contributed by atoms with Crippen molar-refractivity contribution in [3.8, 4) is 5.75 Å². The molecule has 7 nitrogen and oxygen atoms in total.